The summed E-state index contributed by atoms with van der Waals surface area (Å²) in [5.74, 6) is -0.686. The molecule has 0 bridgehead atoms. The number of ketones is 2. The molecule has 1 aliphatic carbocycles. The van der Waals surface area contributed by atoms with Gasteiger partial charge in [-0.2, -0.15) is 0 Å². The number of Topliss-reactive ketones (excluding diaryl/α,β-unsaturated/α-hetero) is 2. The van der Waals surface area contributed by atoms with Crippen LogP contribution >= 0.6 is 0 Å². The van der Waals surface area contributed by atoms with Gasteiger partial charge in [0, 0.05) is 17.4 Å². The molecule has 1 aromatic carbocycles. The van der Waals surface area contributed by atoms with Gasteiger partial charge in [-0.1, -0.05) is 32.0 Å². The van der Waals surface area contributed by atoms with Gasteiger partial charge in [-0.25, -0.2) is 0 Å². The second-order valence-electron chi connectivity index (χ2n) is 6.11. The summed E-state index contributed by atoms with van der Waals surface area (Å²) in [6.07, 6.45) is 0.844. The van der Waals surface area contributed by atoms with Crippen molar-refractivity contribution < 1.29 is 14.7 Å². The molecule has 0 saturated heterocycles. The van der Waals surface area contributed by atoms with E-state index in [0.717, 1.165) is 11.1 Å². The van der Waals surface area contributed by atoms with Crippen molar-refractivity contribution >= 4 is 17.3 Å². The summed E-state index contributed by atoms with van der Waals surface area (Å²) < 4.78 is 0. The van der Waals surface area contributed by atoms with Crippen LogP contribution in [0, 0.1) is 19.3 Å². The van der Waals surface area contributed by atoms with Gasteiger partial charge in [0.2, 0.25) is 0 Å². The summed E-state index contributed by atoms with van der Waals surface area (Å²) in [4.78, 5) is 24.5. The highest BCUT2D eigenvalue weighted by molar-refractivity contribution is 6.27. The van der Waals surface area contributed by atoms with E-state index >= 15 is 0 Å². The van der Waals surface area contributed by atoms with E-state index in [2.05, 4.69) is 0 Å². The minimum absolute atomic E-state index is 0.0325. The summed E-state index contributed by atoms with van der Waals surface area (Å²) in [5, 5.41) is 10.5. The van der Waals surface area contributed by atoms with Crippen molar-refractivity contribution in [2.45, 2.75) is 40.5 Å². The summed E-state index contributed by atoms with van der Waals surface area (Å²) in [6.45, 7) is 7.45. The Hall–Kier alpha value is -1.90. The lowest BCUT2D eigenvalue weighted by Crippen LogP contribution is -2.35. The Morgan fingerprint density at radius 1 is 1.20 bits per heavy atom. The third-order valence-corrected chi connectivity index (χ3v) is 4.19. The van der Waals surface area contributed by atoms with E-state index in [1.165, 1.54) is 0 Å². The number of aliphatic hydroxyl groups is 1. The van der Waals surface area contributed by atoms with Crippen LogP contribution in [0.15, 0.2) is 23.8 Å². The Kier molecular flexibility index (Phi) is 3.55. The minimum atomic E-state index is -0.588. The monoisotopic (exact) mass is 272 g/mol. The summed E-state index contributed by atoms with van der Waals surface area (Å²) in [5.41, 5.74) is 1.86. The number of aliphatic hydroxyl groups excluding tert-OH is 1. The highest BCUT2D eigenvalue weighted by atomic mass is 16.3. The zero-order chi connectivity index (χ0) is 15.1. The molecule has 0 heterocycles. The van der Waals surface area contributed by atoms with E-state index in [4.69, 9.17) is 0 Å². The van der Waals surface area contributed by atoms with Crippen molar-refractivity contribution in [2.24, 2.45) is 5.41 Å². The Bertz CT molecular complexity index is 621. The summed E-state index contributed by atoms with van der Waals surface area (Å²) in [7, 11) is 0. The van der Waals surface area contributed by atoms with Gasteiger partial charge in [-0.3, -0.25) is 9.59 Å². The zero-order valence-corrected chi connectivity index (χ0v) is 12.4. The van der Waals surface area contributed by atoms with Crippen molar-refractivity contribution in [2.75, 3.05) is 0 Å². The fraction of sp³-hybridized carbons (Fsp3) is 0.412. The zero-order valence-electron chi connectivity index (χ0n) is 12.4. The van der Waals surface area contributed by atoms with Gasteiger partial charge in [0.25, 0.3) is 0 Å². The van der Waals surface area contributed by atoms with Crippen LogP contribution in [0.5, 0.6) is 0 Å². The molecule has 2 rings (SSSR count). The minimum Gasteiger partial charge on any atom is -0.506 e. The normalized spacial score (nSPS) is 21.0. The largest absolute Gasteiger partial charge is 0.506 e. The summed E-state index contributed by atoms with van der Waals surface area (Å²) >= 11 is 0. The first-order valence-corrected chi connectivity index (χ1v) is 6.83. The second-order valence-corrected chi connectivity index (χ2v) is 6.11. The van der Waals surface area contributed by atoms with Crippen LogP contribution in [0.3, 0.4) is 0 Å². The number of carbonyl (C=O) groups is 2. The van der Waals surface area contributed by atoms with E-state index in [0.29, 0.717) is 18.4 Å². The molecule has 0 aliphatic heterocycles. The molecule has 0 unspecified atom stereocenters. The van der Waals surface area contributed by atoms with E-state index < -0.39 is 5.41 Å². The summed E-state index contributed by atoms with van der Waals surface area (Å²) in [6, 6.07) is 5.50. The van der Waals surface area contributed by atoms with Gasteiger partial charge in [0.05, 0.1) is 0 Å². The van der Waals surface area contributed by atoms with Crippen molar-refractivity contribution in [3.63, 3.8) is 0 Å². The Morgan fingerprint density at radius 2 is 1.85 bits per heavy atom. The number of benzene rings is 1. The van der Waals surface area contributed by atoms with Crippen LogP contribution < -0.4 is 0 Å². The first kappa shape index (κ1) is 14.5. The van der Waals surface area contributed by atoms with Gasteiger partial charge in [0.1, 0.15) is 11.3 Å². The van der Waals surface area contributed by atoms with E-state index in [1.54, 1.807) is 6.07 Å². The third-order valence-electron chi connectivity index (χ3n) is 4.19. The third kappa shape index (κ3) is 2.28. The Balaban J connectivity index is 2.63. The Morgan fingerprint density at radius 3 is 2.50 bits per heavy atom. The maximum Gasteiger partial charge on any atom is 0.175 e. The molecule has 1 saturated carbocycles. The van der Waals surface area contributed by atoms with Gasteiger partial charge < -0.3 is 5.11 Å². The maximum absolute atomic E-state index is 12.4. The lowest BCUT2D eigenvalue weighted by Gasteiger charge is -2.29. The van der Waals surface area contributed by atoms with Gasteiger partial charge in [-0.05, 0) is 31.4 Å². The van der Waals surface area contributed by atoms with Crippen LogP contribution in [-0.2, 0) is 9.59 Å². The molecule has 0 atom stereocenters. The molecule has 0 amide bonds. The van der Waals surface area contributed by atoms with Crippen LogP contribution in [0.2, 0.25) is 0 Å². The van der Waals surface area contributed by atoms with E-state index in [9.17, 15) is 14.7 Å². The van der Waals surface area contributed by atoms with Crippen LogP contribution in [0.1, 0.15) is 43.4 Å². The topological polar surface area (TPSA) is 54.4 Å². The molecule has 3 heteroatoms. The predicted octanol–water partition coefficient (Wildman–Crippen LogP) is 3.53. The van der Waals surface area contributed by atoms with E-state index in [1.807, 2.05) is 39.8 Å². The highest BCUT2D eigenvalue weighted by Gasteiger charge is 2.40. The van der Waals surface area contributed by atoms with Crippen molar-refractivity contribution in [3.8, 4) is 0 Å². The molecule has 106 valence electrons. The van der Waals surface area contributed by atoms with Gasteiger partial charge >= 0.3 is 0 Å². The average molecular weight is 272 g/mol. The number of rotatable bonds is 1. The first-order chi connectivity index (χ1) is 9.25. The van der Waals surface area contributed by atoms with Crippen molar-refractivity contribution in [3.05, 3.63) is 40.5 Å². The number of carbonyl (C=O) groups excluding carboxylic acids is 2. The van der Waals surface area contributed by atoms with Crippen LogP contribution in [0.4, 0.5) is 0 Å². The smallest absolute Gasteiger partial charge is 0.175 e. The first-order valence-electron chi connectivity index (χ1n) is 6.83. The standard InChI is InChI=1S/C17H20O3/c1-10-6-5-7-12(11(10)2)15(19)14-13(18)8-9-17(3,4)16(14)20/h5-7,19H,8-9H2,1-4H3/b15-14+. The number of allylic oxidation sites excluding steroid dienone is 1. The Labute approximate surface area is 119 Å². The van der Waals surface area contributed by atoms with Crippen LogP contribution in [-0.4, -0.2) is 16.7 Å². The lowest BCUT2D eigenvalue weighted by atomic mass is 9.72. The molecule has 1 aliphatic rings. The molecule has 20 heavy (non-hydrogen) atoms. The number of hydrogen-bond acceptors (Lipinski definition) is 3. The highest BCUT2D eigenvalue weighted by Crippen LogP contribution is 2.36. The number of aryl methyl sites for hydroxylation is 1. The molecule has 1 fully saturated rings. The molecule has 1 N–H and O–H groups in total. The van der Waals surface area contributed by atoms with Crippen LogP contribution in [0.25, 0.3) is 5.76 Å². The molecule has 0 aromatic heterocycles. The molecular formula is C17H20O3. The van der Waals surface area contributed by atoms with Gasteiger partial charge in [-0.15, -0.1) is 0 Å². The SMILES string of the molecule is Cc1cccc(/C(O)=C2/C(=O)CCC(C)(C)C2=O)c1C. The van der Waals surface area contributed by atoms with Crippen molar-refractivity contribution in [1.29, 1.82) is 0 Å². The predicted molar refractivity (Wildman–Crippen MR) is 78.5 cm³/mol. The van der Waals surface area contributed by atoms with Crippen molar-refractivity contribution in [1.82, 2.24) is 0 Å². The molecule has 0 radical (unpaired) electrons. The number of hydrogen-bond donors (Lipinski definition) is 1. The quantitative estimate of drug-likeness (QED) is 0.483. The molecular weight excluding hydrogens is 252 g/mol. The molecule has 3 nitrogen and oxygen atoms in total. The molecule has 1 aromatic rings. The fourth-order valence-corrected chi connectivity index (χ4v) is 2.51. The fourth-order valence-electron chi connectivity index (χ4n) is 2.51. The molecule has 0 spiro atoms. The average Bonchev–Trinajstić information content (AvgIpc) is 2.38. The van der Waals surface area contributed by atoms with E-state index in [-0.39, 0.29) is 22.9 Å². The second kappa shape index (κ2) is 4.89. The lowest BCUT2D eigenvalue weighted by molar-refractivity contribution is -0.130. The maximum atomic E-state index is 12.4. The van der Waals surface area contributed by atoms with Gasteiger partial charge in [0.15, 0.2) is 11.6 Å².